The van der Waals surface area contributed by atoms with Gasteiger partial charge in [0.15, 0.2) is 0 Å². The number of ether oxygens (including phenoxy) is 1. The van der Waals surface area contributed by atoms with Crippen LogP contribution in [0.15, 0.2) is 42.7 Å². The maximum absolute atomic E-state index is 15.7. The summed E-state index contributed by atoms with van der Waals surface area (Å²) in [6.45, 7) is 7.39. The quantitative estimate of drug-likeness (QED) is 0.417. The average molecular weight is 589 g/mol. The molecule has 9 nitrogen and oxygen atoms in total. The summed E-state index contributed by atoms with van der Waals surface area (Å²) in [5.74, 6) is -1.79. The van der Waals surface area contributed by atoms with E-state index < -0.39 is 34.8 Å². The molecule has 0 bridgehead atoms. The number of morpholine rings is 1. The molecule has 2 saturated heterocycles. The monoisotopic (exact) mass is 588 g/mol. The van der Waals surface area contributed by atoms with E-state index in [1.807, 2.05) is 30.7 Å². The van der Waals surface area contributed by atoms with Gasteiger partial charge < -0.3 is 25.0 Å². The second-order valence-corrected chi connectivity index (χ2v) is 10.7. The van der Waals surface area contributed by atoms with Crippen molar-refractivity contribution in [2.45, 2.75) is 32.1 Å². The summed E-state index contributed by atoms with van der Waals surface area (Å²) in [7, 11) is 1.99. The Morgan fingerprint density at radius 2 is 1.67 bits per heavy atom. The van der Waals surface area contributed by atoms with Gasteiger partial charge in [-0.25, -0.2) is 14.4 Å². The van der Waals surface area contributed by atoms with Crippen molar-refractivity contribution in [2.75, 3.05) is 61.6 Å². The number of hydrogen-bond donors (Lipinski definition) is 2. The number of piperazine rings is 1. The standard InChI is InChI=1S/C29H32F4N6O3/c1-17-15-39(16-18(2)37(17)3)26-12-24(30)22(19-13-34-28(35-14-19)38-6-8-42-9-7-38)11-25(26)36-27(41)21-5-4-20(40)10-23(21)29(31,32)33/h4-5,10-14,17-18,40H,6-9,15-16H2,1-3H3,(H,36,41)/t17-,18?/m1/s1. The van der Waals surface area contributed by atoms with E-state index in [1.54, 1.807) is 0 Å². The molecule has 2 aliphatic heterocycles. The molecule has 1 aromatic heterocycles. The van der Waals surface area contributed by atoms with Gasteiger partial charge in [-0.3, -0.25) is 9.69 Å². The topological polar surface area (TPSA) is 94.1 Å². The Kier molecular flexibility index (Phi) is 8.24. The van der Waals surface area contributed by atoms with E-state index in [9.17, 15) is 23.1 Å². The van der Waals surface area contributed by atoms with Crippen molar-refractivity contribution in [2.24, 2.45) is 0 Å². The van der Waals surface area contributed by atoms with E-state index in [4.69, 9.17) is 4.74 Å². The molecule has 42 heavy (non-hydrogen) atoms. The first-order valence-electron chi connectivity index (χ1n) is 13.6. The Morgan fingerprint density at radius 3 is 2.29 bits per heavy atom. The van der Waals surface area contributed by atoms with Crippen molar-refractivity contribution in [1.29, 1.82) is 0 Å². The number of carbonyl (C=O) groups excluding carboxylic acids is 1. The lowest BCUT2D eigenvalue weighted by Gasteiger charge is -2.44. The van der Waals surface area contributed by atoms with Crippen LogP contribution < -0.4 is 15.1 Å². The first-order valence-corrected chi connectivity index (χ1v) is 13.6. The number of carbonyl (C=O) groups is 1. The van der Waals surface area contributed by atoms with E-state index in [0.29, 0.717) is 62.7 Å². The molecule has 3 heterocycles. The van der Waals surface area contributed by atoms with Gasteiger partial charge in [-0.2, -0.15) is 13.2 Å². The number of alkyl halides is 3. The molecule has 2 N–H and O–H groups in total. The summed E-state index contributed by atoms with van der Waals surface area (Å²) < 4.78 is 62.3. The van der Waals surface area contributed by atoms with Crippen molar-refractivity contribution >= 4 is 23.2 Å². The van der Waals surface area contributed by atoms with Crippen LogP contribution in [0.25, 0.3) is 11.1 Å². The fourth-order valence-corrected chi connectivity index (χ4v) is 5.29. The fourth-order valence-electron chi connectivity index (χ4n) is 5.29. The number of nitrogens with zero attached hydrogens (tertiary/aromatic N) is 5. The zero-order chi connectivity index (χ0) is 30.2. The van der Waals surface area contributed by atoms with Gasteiger partial charge in [-0.1, -0.05) is 0 Å². The van der Waals surface area contributed by atoms with Crippen LogP contribution in [0, 0.1) is 5.82 Å². The average Bonchev–Trinajstić information content (AvgIpc) is 2.96. The van der Waals surface area contributed by atoms with Crippen molar-refractivity contribution in [3.63, 3.8) is 0 Å². The first-order chi connectivity index (χ1) is 19.9. The van der Waals surface area contributed by atoms with Crippen molar-refractivity contribution in [3.05, 3.63) is 59.7 Å². The van der Waals surface area contributed by atoms with Gasteiger partial charge in [0.05, 0.1) is 35.7 Å². The Morgan fingerprint density at radius 1 is 1.02 bits per heavy atom. The second-order valence-electron chi connectivity index (χ2n) is 10.7. The lowest BCUT2D eigenvalue weighted by Crippen LogP contribution is -2.55. The lowest BCUT2D eigenvalue weighted by molar-refractivity contribution is -0.138. The number of benzene rings is 2. The van der Waals surface area contributed by atoms with E-state index in [2.05, 4.69) is 20.2 Å². The molecular weight excluding hydrogens is 556 g/mol. The molecule has 2 atom stereocenters. The highest BCUT2D eigenvalue weighted by Crippen LogP contribution is 2.38. The molecule has 0 aliphatic carbocycles. The molecule has 0 radical (unpaired) electrons. The van der Waals surface area contributed by atoms with Crippen LogP contribution in [0.3, 0.4) is 0 Å². The van der Waals surface area contributed by atoms with Crippen LogP contribution in [0.5, 0.6) is 5.75 Å². The third kappa shape index (κ3) is 6.12. The Labute approximate surface area is 240 Å². The predicted molar refractivity (Wildman–Crippen MR) is 150 cm³/mol. The van der Waals surface area contributed by atoms with E-state index in [0.717, 1.165) is 12.1 Å². The molecule has 5 rings (SSSR count). The van der Waals surface area contributed by atoms with Crippen LogP contribution >= 0.6 is 0 Å². The molecule has 2 aromatic carbocycles. The van der Waals surface area contributed by atoms with Gasteiger partial charge in [0.2, 0.25) is 5.95 Å². The number of phenolic OH excluding ortho intramolecular Hbond substituents is 1. The maximum Gasteiger partial charge on any atom is 0.417 e. The largest absolute Gasteiger partial charge is 0.508 e. The predicted octanol–water partition coefficient (Wildman–Crippen LogP) is 4.62. The SMILES string of the molecule is CC1CN(c2cc(F)c(-c3cnc(N4CCOCC4)nc3)cc2NC(=O)c2ccc(O)cc2C(F)(F)F)C[C@@H](C)N1C. The first kappa shape index (κ1) is 29.5. The number of anilines is 3. The van der Waals surface area contributed by atoms with Crippen molar-refractivity contribution in [3.8, 4) is 16.9 Å². The van der Waals surface area contributed by atoms with Gasteiger partial charge in [0.1, 0.15) is 11.6 Å². The number of aromatic nitrogens is 2. The third-order valence-corrected chi connectivity index (χ3v) is 7.83. The van der Waals surface area contributed by atoms with Crippen molar-refractivity contribution < 1.29 is 32.2 Å². The number of amides is 1. The third-order valence-electron chi connectivity index (χ3n) is 7.83. The van der Waals surface area contributed by atoms with E-state index >= 15 is 4.39 Å². The molecule has 13 heteroatoms. The number of aromatic hydroxyl groups is 1. The minimum Gasteiger partial charge on any atom is -0.508 e. The number of nitrogens with one attached hydrogen (secondary N) is 1. The zero-order valence-corrected chi connectivity index (χ0v) is 23.5. The van der Waals surface area contributed by atoms with Crippen LogP contribution in [0.4, 0.5) is 34.9 Å². The highest BCUT2D eigenvalue weighted by atomic mass is 19.4. The lowest BCUT2D eigenvalue weighted by atomic mass is 10.0. The van der Waals surface area contributed by atoms with Gasteiger partial charge in [-0.15, -0.1) is 0 Å². The van der Waals surface area contributed by atoms with Crippen LogP contribution in [0.2, 0.25) is 0 Å². The molecule has 1 unspecified atom stereocenters. The molecule has 2 aliphatic rings. The van der Waals surface area contributed by atoms with Gasteiger partial charge in [-0.05, 0) is 51.2 Å². The number of hydrogen-bond acceptors (Lipinski definition) is 8. The maximum atomic E-state index is 15.7. The summed E-state index contributed by atoms with van der Waals surface area (Å²) in [5, 5.41) is 12.2. The number of likely N-dealkylation sites (N-methyl/N-ethyl adjacent to an activating group) is 1. The minimum absolute atomic E-state index is 0.0829. The highest BCUT2D eigenvalue weighted by molar-refractivity contribution is 6.07. The molecule has 0 saturated carbocycles. The smallest absolute Gasteiger partial charge is 0.417 e. The number of halogens is 4. The summed E-state index contributed by atoms with van der Waals surface area (Å²) in [6, 6.07) is 5.30. The molecule has 2 fully saturated rings. The van der Waals surface area contributed by atoms with Crippen molar-refractivity contribution in [1.82, 2.24) is 14.9 Å². The van der Waals surface area contributed by atoms with Gasteiger partial charge in [0, 0.05) is 61.8 Å². The molecular formula is C29H32F4N6O3. The summed E-state index contributed by atoms with van der Waals surface area (Å²) >= 11 is 0. The zero-order valence-electron chi connectivity index (χ0n) is 23.5. The fraction of sp³-hybridized carbons (Fsp3) is 0.414. The molecule has 1 amide bonds. The van der Waals surface area contributed by atoms with E-state index in [-0.39, 0.29) is 23.3 Å². The van der Waals surface area contributed by atoms with Gasteiger partial charge in [0.25, 0.3) is 5.91 Å². The normalized spacial score (nSPS) is 20.1. The second kappa shape index (κ2) is 11.7. The Balaban J connectivity index is 1.54. The van der Waals surface area contributed by atoms with Crippen LogP contribution in [0.1, 0.15) is 29.8 Å². The van der Waals surface area contributed by atoms with Gasteiger partial charge >= 0.3 is 6.18 Å². The Bertz CT molecular complexity index is 1430. The summed E-state index contributed by atoms with van der Waals surface area (Å²) in [4.78, 5) is 28.1. The molecule has 3 aromatic rings. The summed E-state index contributed by atoms with van der Waals surface area (Å²) in [6.07, 6.45) is -1.93. The molecule has 224 valence electrons. The summed E-state index contributed by atoms with van der Waals surface area (Å²) in [5.41, 5.74) is -1.05. The van der Waals surface area contributed by atoms with Crippen LogP contribution in [-0.2, 0) is 10.9 Å². The Hall–Kier alpha value is -3.97. The van der Waals surface area contributed by atoms with E-state index in [1.165, 1.54) is 24.5 Å². The molecule has 0 spiro atoms. The van der Waals surface area contributed by atoms with Crippen LogP contribution in [-0.4, -0.2) is 84.4 Å². The number of rotatable bonds is 5. The number of phenols is 1. The minimum atomic E-state index is -4.88. The highest BCUT2D eigenvalue weighted by Gasteiger charge is 2.36.